The third kappa shape index (κ3) is 4.47. The number of benzene rings is 1. The van der Waals surface area contributed by atoms with Gasteiger partial charge in [0.1, 0.15) is 5.70 Å². The highest BCUT2D eigenvalue weighted by molar-refractivity contribution is 6.37. The summed E-state index contributed by atoms with van der Waals surface area (Å²) in [6.45, 7) is 2.39. The van der Waals surface area contributed by atoms with Crippen molar-refractivity contribution in [3.05, 3.63) is 33.6 Å². The SMILES string of the molecule is C/C(=C(/N)C(=O)Nc1cc(Cl)c(O)c(Cl)c1)N(N)CC1CCCC1. The number of rotatable bonds is 5. The Bertz CT molecular complexity index is 634. The van der Waals surface area contributed by atoms with Crippen molar-refractivity contribution >= 4 is 34.8 Å². The summed E-state index contributed by atoms with van der Waals surface area (Å²) in [5.74, 6) is 5.83. The summed E-state index contributed by atoms with van der Waals surface area (Å²) in [5.41, 5.74) is 6.79. The molecule has 0 radical (unpaired) electrons. The van der Waals surface area contributed by atoms with Crippen LogP contribution >= 0.6 is 23.2 Å². The van der Waals surface area contributed by atoms with Crippen LogP contribution in [0, 0.1) is 5.92 Å². The predicted molar refractivity (Wildman–Crippen MR) is 96.5 cm³/mol. The van der Waals surface area contributed by atoms with Gasteiger partial charge in [0.15, 0.2) is 5.75 Å². The zero-order valence-electron chi connectivity index (χ0n) is 13.5. The van der Waals surface area contributed by atoms with Crippen molar-refractivity contribution in [1.29, 1.82) is 0 Å². The molecule has 8 heteroatoms. The van der Waals surface area contributed by atoms with E-state index in [0.29, 0.717) is 23.8 Å². The Morgan fingerprint density at radius 2 is 1.88 bits per heavy atom. The normalized spacial score (nSPS) is 16.0. The molecule has 1 aromatic rings. The fourth-order valence-corrected chi connectivity index (χ4v) is 3.25. The molecule has 1 aliphatic carbocycles. The monoisotopic (exact) mass is 372 g/mol. The molecular weight excluding hydrogens is 351 g/mol. The molecule has 0 aliphatic heterocycles. The minimum absolute atomic E-state index is 0.0239. The van der Waals surface area contributed by atoms with Gasteiger partial charge in [-0.25, -0.2) is 5.84 Å². The first-order valence-corrected chi connectivity index (χ1v) is 8.53. The first kappa shape index (κ1) is 18.7. The second kappa shape index (κ2) is 7.96. The molecule has 0 unspecified atom stereocenters. The van der Waals surface area contributed by atoms with E-state index in [0.717, 1.165) is 12.8 Å². The molecule has 0 spiro atoms. The number of nitrogens with one attached hydrogen (secondary N) is 1. The van der Waals surface area contributed by atoms with E-state index in [1.165, 1.54) is 30.0 Å². The summed E-state index contributed by atoms with van der Waals surface area (Å²) >= 11 is 11.7. The summed E-state index contributed by atoms with van der Waals surface area (Å²) < 4.78 is 0. The largest absolute Gasteiger partial charge is 0.505 e. The average Bonchev–Trinajstić information content (AvgIpc) is 3.03. The van der Waals surface area contributed by atoms with Crippen LogP contribution in [0.4, 0.5) is 5.69 Å². The molecule has 0 aromatic heterocycles. The lowest BCUT2D eigenvalue weighted by atomic mass is 10.1. The number of hydrogen-bond donors (Lipinski definition) is 4. The molecular formula is C16H22Cl2N4O2. The van der Waals surface area contributed by atoms with Crippen LogP contribution in [0.5, 0.6) is 5.75 Å². The van der Waals surface area contributed by atoms with E-state index in [9.17, 15) is 9.90 Å². The topological polar surface area (TPSA) is 105 Å². The van der Waals surface area contributed by atoms with Crippen LogP contribution in [-0.4, -0.2) is 22.6 Å². The maximum Gasteiger partial charge on any atom is 0.273 e. The number of amides is 1. The Morgan fingerprint density at radius 3 is 2.42 bits per heavy atom. The second-order valence-corrected chi connectivity index (χ2v) is 6.86. The number of halogens is 2. The second-order valence-electron chi connectivity index (χ2n) is 6.04. The molecule has 1 aliphatic rings. The highest BCUT2D eigenvalue weighted by Gasteiger charge is 2.20. The number of anilines is 1. The molecule has 0 heterocycles. The molecule has 0 bridgehead atoms. The molecule has 6 N–H and O–H groups in total. The highest BCUT2D eigenvalue weighted by Crippen LogP contribution is 2.34. The Labute approximate surface area is 151 Å². The minimum Gasteiger partial charge on any atom is -0.505 e. The minimum atomic E-state index is -0.507. The Kier molecular flexibility index (Phi) is 6.21. The first-order chi connectivity index (χ1) is 11.3. The maximum atomic E-state index is 12.3. The van der Waals surface area contributed by atoms with Crippen LogP contribution in [0.25, 0.3) is 0 Å². The van der Waals surface area contributed by atoms with Gasteiger partial charge < -0.3 is 21.2 Å². The number of nitrogens with two attached hydrogens (primary N) is 2. The van der Waals surface area contributed by atoms with Crippen LogP contribution in [0.2, 0.25) is 10.0 Å². The fraction of sp³-hybridized carbons (Fsp3) is 0.438. The van der Waals surface area contributed by atoms with Gasteiger partial charge in [-0.2, -0.15) is 0 Å². The molecule has 24 heavy (non-hydrogen) atoms. The average molecular weight is 373 g/mol. The van der Waals surface area contributed by atoms with Crippen LogP contribution in [0.15, 0.2) is 23.5 Å². The number of phenolic OH excluding ortho intramolecular Hbond substituents is 1. The summed E-state index contributed by atoms with van der Waals surface area (Å²) in [4.78, 5) is 12.3. The van der Waals surface area contributed by atoms with Crippen molar-refractivity contribution in [3.63, 3.8) is 0 Å². The molecule has 0 atom stereocenters. The van der Waals surface area contributed by atoms with E-state index >= 15 is 0 Å². The molecule has 6 nitrogen and oxygen atoms in total. The van der Waals surface area contributed by atoms with E-state index in [1.807, 2.05) is 0 Å². The van der Waals surface area contributed by atoms with Gasteiger partial charge in [-0.3, -0.25) is 4.79 Å². The maximum absolute atomic E-state index is 12.3. The third-order valence-corrected chi connectivity index (χ3v) is 4.85. The van der Waals surface area contributed by atoms with Crippen LogP contribution < -0.4 is 16.9 Å². The molecule has 2 rings (SSSR count). The number of phenols is 1. The van der Waals surface area contributed by atoms with Crippen molar-refractivity contribution in [3.8, 4) is 5.75 Å². The number of hydrazine groups is 1. The van der Waals surface area contributed by atoms with Crippen LogP contribution in [-0.2, 0) is 4.79 Å². The number of carbonyl (C=O) groups is 1. The lowest BCUT2D eigenvalue weighted by Gasteiger charge is -2.24. The molecule has 1 fully saturated rings. The van der Waals surface area contributed by atoms with E-state index < -0.39 is 5.91 Å². The van der Waals surface area contributed by atoms with Gasteiger partial charge in [0, 0.05) is 12.2 Å². The lowest BCUT2D eigenvalue weighted by molar-refractivity contribution is -0.113. The van der Waals surface area contributed by atoms with Crippen molar-refractivity contribution in [2.45, 2.75) is 32.6 Å². The molecule has 1 saturated carbocycles. The van der Waals surface area contributed by atoms with E-state index in [4.69, 9.17) is 34.8 Å². The Morgan fingerprint density at radius 1 is 1.33 bits per heavy atom. The summed E-state index contributed by atoms with van der Waals surface area (Å²) in [6.07, 6.45) is 4.74. The number of carbonyl (C=O) groups excluding carboxylic acids is 1. The molecule has 0 saturated heterocycles. The Hall–Kier alpha value is -1.63. The molecule has 132 valence electrons. The van der Waals surface area contributed by atoms with Crippen molar-refractivity contribution in [1.82, 2.24) is 5.01 Å². The fourth-order valence-electron chi connectivity index (χ4n) is 2.76. The van der Waals surface area contributed by atoms with Gasteiger partial charge >= 0.3 is 0 Å². The van der Waals surface area contributed by atoms with Gasteiger partial charge in [-0.15, -0.1) is 0 Å². The van der Waals surface area contributed by atoms with Gasteiger partial charge in [0.05, 0.1) is 15.7 Å². The number of allylic oxidation sites excluding steroid dienone is 1. The number of aromatic hydroxyl groups is 1. The zero-order chi connectivity index (χ0) is 17.9. The first-order valence-electron chi connectivity index (χ1n) is 7.77. The summed E-state index contributed by atoms with van der Waals surface area (Å²) in [5, 5.41) is 13.7. The van der Waals surface area contributed by atoms with Crippen LogP contribution in [0.3, 0.4) is 0 Å². The van der Waals surface area contributed by atoms with Gasteiger partial charge in [0.25, 0.3) is 5.91 Å². The Balaban J connectivity index is 2.06. The van der Waals surface area contributed by atoms with Crippen LogP contribution in [0.1, 0.15) is 32.6 Å². The van der Waals surface area contributed by atoms with Crippen molar-refractivity contribution in [2.75, 3.05) is 11.9 Å². The standard InChI is InChI=1S/C16H22Cl2N4O2/c1-9(22(20)8-10-4-2-3-5-10)14(19)16(24)21-11-6-12(17)15(23)13(18)7-11/h6-7,10,23H,2-5,8,19-20H2,1H3,(H,21,24)/b14-9-. The molecule has 1 amide bonds. The van der Waals surface area contributed by atoms with E-state index in [1.54, 1.807) is 6.92 Å². The van der Waals surface area contributed by atoms with Gasteiger partial charge in [-0.05, 0) is 37.8 Å². The van der Waals surface area contributed by atoms with Crippen molar-refractivity contribution < 1.29 is 9.90 Å². The zero-order valence-corrected chi connectivity index (χ0v) is 15.0. The third-order valence-electron chi connectivity index (χ3n) is 4.27. The summed E-state index contributed by atoms with van der Waals surface area (Å²) in [7, 11) is 0. The van der Waals surface area contributed by atoms with E-state index in [-0.39, 0.29) is 21.5 Å². The summed E-state index contributed by atoms with van der Waals surface area (Å²) in [6, 6.07) is 2.78. The van der Waals surface area contributed by atoms with Gasteiger partial charge in [0.2, 0.25) is 0 Å². The highest BCUT2D eigenvalue weighted by atomic mass is 35.5. The van der Waals surface area contributed by atoms with Gasteiger partial charge in [-0.1, -0.05) is 36.0 Å². The smallest absolute Gasteiger partial charge is 0.273 e. The predicted octanol–water partition coefficient (Wildman–Crippen LogP) is 3.19. The number of nitrogens with zero attached hydrogens (tertiary/aromatic N) is 1. The van der Waals surface area contributed by atoms with E-state index in [2.05, 4.69) is 5.32 Å². The number of hydrogen-bond acceptors (Lipinski definition) is 5. The van der Waals surface area contributed by atoms with Crippen molar-refractivity contribution in [2.24, 2.45) is 17.5 Å². The molecule has 1 aromatic carbocycles. The lowest BCUT2D eigenvalue weighted by Crippen LogP contribution is -2.37. The quantitative estimate of drug-likeness (QED) is 0.275.